The molecule has 0 saturated heterocycles. The first-order chi connectivity index (χ1) is 10.7. The first-order valence-corrected chi connectivity index (χ1v) is 6.85. The van der Waals surface area contributed by atoms with Gasteiger partial charge in [-0.2, -0.15) is 14.2 Å². The lowest BCUT2D eigenvalue weighted by molar-refractivity contribution is 0.462. The molecule has 0 fully saturated rings. The molecule has 0 spiro atoms. The van der Waals surface area contributed by atoms with Crippen LogP contribution in [-0.4, -0.2) is 16.4 Å². The van der Waals surface area contributed by atoms with E-state index in [1.165, 1.54) is 60.7 Å². The van der Waals surface area contributed by atoms with Crippen LogP contribution in [0.15, 0.2) is 58.5 Å². The molecule has 2 aromatic carbocycles. The van der Waals surface area contributed by atoms with Crippen molar-refractivity contribution in [1.29, 1.82) is 0 Å². The summed E-state index contributed by atoms with van der Waals surface area (Å²) in [5.41, 5.74) is 0.806. The highest BCUT2D eigenvalue weighted by molar-refractivity contribution is 7.75. The van der Waals surface area contributed by atoms with Gasteiger partial charge >= 0.3 is 11.4 Å². The fraction of sp³-hybridized carbons (Fsp3) is 0. The van der Waals surface area contributed by atoms with E-state index in [4.69, 9.17) is 8.37 Å². The van der Waals surface area contributed by atoms with Crippen molar-refractivity contribution in [2.24, 2.45) is 9.98 Å². The Bertz CT molecular complexity index is 695. The van der Waals surface area contributed by atoms with Gasteiger partial charge in [0.05, 0.1) is 11.4 Å². The van der Waals surface area contributed by atoms with Crippen LogP contribution in [0.2, 0.25) is 0 Å². The van der Waals surface area contributed by atoms with Crippen LogP contribution in [-0.2, 0) is 21.0 Å². The van der Waals surface area contributed by atoms with Gasteiger partial charge in [-0.3, -0.25) is 0 Å². The zero-order chi connectivity index (χ0) is 15.8. The van der Waals surface area contributed by atoms with Gasteiger partial charge in [-0.05, 0) is 48.5 Å². The van der Waals surface area contributed by atoms with Crippen LogP contribution >= 0.6 is 0 Å². The minimum absolute atomic E-state index is 0.283. The molecule has 0 atom stereocenters. The summed E-state index contributed by atoms with van der Waals surface area (Å²) in [5, 5.41) is 0. The lowest BCUT2D eigenvalue weighted by atomic mass is 10.3. The summed E-state index contributed by atoms with van der Waals surface area (Å²) in [6.07, 6.45) is 2.82. The standard InChI is InChI=1S/C14H8N2O5S/c17-9-15-11-1-5-13(6-2-11)20-22(19)21-14-7-3-12(4-8-14)16-10-18/h1-8H. The van der Waals surface area contributed by atoms with E-state index in [0.29, 0.717) is 11.4 Å². The smallest absolute Gasteiger partial charge is 0.371 e. The van der Waals surface area contributed by atoms with Crippen molar-refractivity contribution in [2.75, 3.05) is 0 Å². The van der Waals surface area contributed by atoms with Crippen molar-refractivity contribution in [2.45, 2.75) is 0 Å². The molecular formula is C14H8N2O5S. The van der Waals surface area contributed by atoms with Crippen LogP contribution in [0.25, 0.3) is 0 Å². The van der Waals surface area contributed by atoms with E-state index in [1.807, 2.05) is 0 Å². The second kappa shape index (κ2) is 7.66. The number of aliphatic imine (C=N–C) groups is 2. The van der Waals surface area contributed by atoms with Gasteiger partial charge < -0.3 is 8.37 Å². The monoisotopic (exact) mass is 316 g/mol. The minimum atomic E-state index is -2.06. The number of benzene rings is 2. The molecule has 7 nitrogen and oxygen atoms in total. The van der Waals surface area contributed by atoms with Gasteiger partial charge in [0, 0.05) is 0 Å². The largest absolute Gasteiger partial charge is 0.417 e. The Balaban J connectivity index is 1.97. The first kappa shape index (κ1) is 15.3. The van der Waals surface area contributed by atoms with Gasteiger partial charge in [0.1, 0.15) is 11.5 Å². The van der Waals surface area contributed by atoms with Crippen LogP contribution in [0.3, 0.4) is 0 Å². The summed E-state index contributed by atoms with van der Waals surface area (Å²) in [7, 11) is 0. The van der Waals surface area contributed by atoms with Crippen molar-refractivity contribution in [3.8, 4) is 11.5 Å². The normalized spacial score (nSPS) is 10.7. The molecule has 0 N–H and O–H groups in total. The average molecular weight is 316 g/mol. The summed E-state index contributed by atoms with van der Waals surface area (Å²) in [4.78, 5) is 27.0. The van der Waals surface area contributed by atoms with Crippen LogP contribution in [0.4, 0.5) is 11.4 Å². The van der Waals surface area contributed by atoms with E-state index in [-0.39, 0.29) is 11.5 Å². The molecule has 0 radical (unpaired) electrons. The summed E-state index contributed by atoms with van der Waals surface area (Å²) in [5.74, 6) is 0.565. The Morgan fingerprint density at radius 2 is 1.09 bits per heavy atom. The van der Waals surface area contributed by atoms with Crippen molar-refractivity contribution in [3.63, 3.8) is 0 Å². The lowest BCUT2D eigenvalue weighted by Crippen LogP contribution is -2.07. The summed E-state index contributed by atoms with van der Waals surface area (Å²) >= 11 is -2.06. The van der Waals surface area contributed by atoms with Gasteiger partial charge in [0.2, 0.25) is 12.2 Å². The maximum absolute atomic E-state index is 11.7. The van der Waals surface area contributed by atoms with E-state index < -0.39 is 11.4 Å². The first-order valence-electron chi connectivity index (χ1n) is 5.85. The predicted molar refractivity (Wildman–Crippen MR) is 77.8 cm³/mol. The summed E-state index contributed by atoms with van der Waals surface area (Å²) in [6.45, 7) is 0. The number of isocyanates is 2. The Morgan fingerprint density at radius 1 is 0.727 bits per heavy atom. The lowest BCUT2D eigenvalue weighted by Gasteiger charge is -2.05. The Labute approximate surface area is 127 Å². The van der Waals surface area contributed by atoms with Gasteiger partial charge in [0.15, 0.2) is 0 Å². The molecule has 22 heavy (non-hydrogen) atoms. The van der Waals surface area contributed by atoms with Crippen LogP contribution in [0, 0.1) is 0 Å². The molecular weight excluding hydrogens is 308 g/mol. The van der Waals surface area contributed by atoms with Gasteiger partial charge in [-0.15, -0.1) is 0 Å². The molecule has 0 saturated carbocycles. The van der Waals surface area contributed by atoms with Crippen molar-refractivity contribution in [3.05, 3.63) is 48.5 Å². The minimum Gasteiger partial charge on any atom is -0.371 e. The zero-order valence-electron chi connectivity index (χ0n) is 11.0. The third-order valence-corrected chi connectivity index (χ3v) is 3.01. The third kappa shape index (κ3) is 4.50. The maximum Gasteiger partial charge on any atom is 0.417 e. The topological polar surface area (TPSA) is 94.4 Å². The van der Waals surface area contributed by atoms with E-state index in [1.54, 1.807) is 0 Å². The fourth-order valence-electron chi connectivity index (χ4n) is 1.43. The molecule has 0 amide bonds. The summed E-state index contributed by atoms with van der Waals surface area (Å²) in [6, 6.07) is 12.0. The maximum atomic E-state index is 11.7. The summed E-state index contributed by atoms with van der Waals surface area (Å²) < 4.78 is 21.8. The van der Waals surface area contributed by atoms with Gasteiger partial charge in [-0.25, -0.2) is 9.59 Å². The molecule has 0 unspecified atom stereocenters. The number of nitrogens with zero attached hydrogens (tertiary/aromatic N) is 2. The number of hydrogen-bond donors (Lipinski definition) is 0. The van der Waals surface area contributed by atoms with Crippen LogP contribution in [0.5, 0.6) is 11.5 Å². The molecule has 0 aromatic heterocycles. The molecule has 2 aromatic rings. The predicted octanol–water partition coefficient (Wildman–Crippen LogP) is 2.66. The van der Waals surface area contributed by atoms with Crippen molar-refractivity contribution < 1.29 is 22.2 Å². The van der Waals surface area contributed by atoms with E-state index >= 15 is 0 Å². The number of hydrogen-bond acceptors (Lipinski definition) is 7. The Hall–Kier alpha value is -3.05. The molecule has 0 aliphatic rings. The highest BCUT2D eigenvalue weighted by atomic mass is 32.2. The van der Waals surface area contributed by atoms with Crippen LogP contribution < -0.4 is 8.37 Å². The van der Waals surface area contributed by atoms with Crippen LogP contribution in [0.1, 0.15) is 0 Å². The highest BCUT2D eigenvalue weighted by Gasteiger charge is 2.06. The van der Waals surface area contributed by atoms with E-state index in [9.17, 15) is 13.8 Å². The molecule has 0 aliphatic carbocycles. The Morgan fingerprint density at radius 3 is 1.41 bits per heavy atom. The molecule has 8 heteroatoms. The molecule has 0 aliphatic heterocycles. The molecule has 0 bridgehead atoms. The van der Waals surface area contributed by atoms with Crippen molar-refractivity contribution >= 4 is 34.9 Å². The Kier molecular flexibility index (Phi) is 5.34. The fourth-order valence-corrected chi connectivity index (χ4v) is 2.00. The highest BCUT2D eigenvalue weighted by Crippen LogP contribution is 2.21. The molecule has 2 rings (SSSR count). The van der Waals surface area contributed by atoms with E-state index in [0.717, 1.165) is 0 Å². The molecule has 110 valence electrons. The second-order valence-electron chi connectivity index (χ2n) is 3.76. The molecule has 0 heterocycles. The second-order valence-corrected chi connectivity index (χ2v) is 4.51. The van der Waals surface area contributed by atoms with Gasteiger partial charge in [0.25, 0.3) is 0 Å². The quantitative estimate of drug-likeness (QED) is 0.603. The number of carbonyl (C=O) groups excluding carboxylic acids is 2. The SMILES string of the molecule is O=C=Nc1ccc(OS(=O)Oc2ccc(N=C=O)cc2)cc1. The van der Waals surface area contributed by atoms with Crippen molar-refractivity contribution in [1.82, 2.24) is 0 Å². The van der Waals surface area contributed by atoms with Gasteiger partial charge in [-0.1, -0.05) is 0 Å². The average Bonchev–Trinajstić information content (AvgIpc) is 2.52. The zero-order valence-corrected chi connectivity index (χ0v) is 11.8. The number of rotatable bonds is 6. The third-order valence-electron chi connectivity index (χ3n) is 2.35. The van der Waals surface area contributed by atoms with E-state index in [2.05, 4.69) is 9.98 Å².